The van der Waals surface area contributed by atoms with Crippen molar-refractivity contribution in [1.29, 1.82) is 0 Å². The number of amides is 1. The van der Waals surface area contributed by atoms with E-state index in [4.69, 9.17) is 9.15 Å². The van der Waals surface area contributed by atoms with E-state index in [2.05, 4.69) is 15.3 Å². The lowest BCUT2D eigenvalue weighted by Gasteiger charge is -2.30. The van der Waals surface area contributed by atoms with Crippen molar-refractivity contribution in [1.82, 2.24) is 15.3 Å². The van der Waals surface area contributed by atoms with Gasteiger partial charge in [0.25, 0.3) is 6.01 Å². The summed E-state index contributed by atoms with van der Waals surface area (Å²) in [5.41, 5.74) is 1.26. The minimum atomic E-state index is -0.0848. The van der Waals surface area contributed by atoms with Gasteiger partial charge in [-0.2, -0.15) is 4.98 Å². The topological polar surface area (TPSA) is 80.5 Å². The molecule has 0 aliphatic carbocycles. The Balaban J connectivity index is 1.29. The molecule has 1 aromatic carbocycles. The standard InChI is InChI=1S/C20H22N4O3/c25-19(22-11-13-26-16-7-2-1-3-8-16)15-6-5-12-24(14-15)20-23-18-17(27-20)9-4-10-21-18/h1-4,7-10,15H,5-6,11-14H2,(H,22,25). The number of anilines is 1. The zero-order valence-corrected chi connectivity index (χ0v) is 15.0. The van der Waals surface area contributed by atoms with Gasteiger partial charge in [-0.05, 0) is 37.1 Å². The molecule has 4 rings (SSSR count). The highest BCUT2D eigenvalue weighted by Gasteiger charge is 2.28. The van der Waals surface area contributed by atoms with Gasteiger partial charge in [-0.25, -0.2) is 4.98 Å². The third-order valence-corrected chi connectivity index (χ3v) is 4.63. The number of hydrogen-bond donors (Lipinski definition) is 1. The lowest BCUT2D eigenvalue weighted by atomic mass is 9.97. The number of benzene rings is 1. The van der Waals surface area contributed by atoms with Gasteiger partial charge >= 0.3 is 0 Å². The Labute approximate surface area is 157 Å². The maximum Gasteiger partial charge on any atom is 0.299 e. The van der Waals surface area contributed by atoms with Gasteiger partial charge in [0, 0.05) is 19.3 Å². The molecule has 3 aromatic rings. The Kier molecular flexibility index (Phi) is 5.18. The molecule has 1 fully saturated rings. The van der Waals surface area contributed by atoms with Crippen LogP contribution in [0.2, 0.25) is 0 Å². The Morgan fingerprint density at radius 3 is 3.00 bits per heavy atom. The molecule has 0 spiro atoms. The van der Waals surface area contributed by atoms with Crippen molar-refractivity contribution in [3.05, 3.63) is 48.7 Å². The molecule has 1 aliphatic rings. The van der Waals surface area contributed by atoms with E-state index in [1.165, 1.54) is 0 Å². The van der Waals surface area contributed by atoms with Crippen LogP contribution in [0.4, 0.5) is 6.01 Å². The second-order valence-corrected chi connectivity index (χ2v) is 6.56. The Hall–Kier alpha value is -3.09. The summed E-state index contributed by atoms with van der Waals surface area (Å²) in [7, 11) is 0. The number of fused-ring (bicyclic) bond motifs is 1. The van der Waals surface area contributed by atoms with E-state index < -0.39 is 0 Å². The van der Waals surface area contributed by atoms with Gasteiger partial charge in [0.2, 0.25) is 11.6 Å². The van der Waals surface area contributed by atoms with Crippen LogP contribution >= 0.6 is 0 Å². The molecule has 1 aliphatic heterocycles. The molecule has 0 saturated carbocycles. The highest BCUT2D eigenvalue weighted by molar-refractivity contribution is 5.79. The Morgan fingerprint density at radius 2 is 2.15 bits per heavy atom. The number of piperidine rings is 1. The minimum Gasteiger partial charge on any atom is -0.492 e. The van der Waals surface area contributed by atoms with Crippen molar-refractivity contribution in [3.63, 3.8) is 0 Å². The number of nitrogens with zero attached hydrogens (tertiary/aromatic N) is 3. The number of carbonyl (C=O) groups is 1. The lowest BCUT2D eigenvalue weighted by molar-refractivity contribution is -0.125. The van der Waals surface area contributed by atoms with Crippen LogP contribution in [0.1, 0.15) is 12.8 Å². The molecule has 1 atom stereocenters. The van der Waals surface area contributed by atoms with Gasteiger partial charge in [-0.1, -0.05) is 18.2 Å². The van der Waals surface area contributed by atoms with Crippen LogP contribution in [-0.4, -0.2) is 42.1 Å². The minimum absolute atomic E-state index is 0.0468. The molecule has 7 nitrogen and oxygen atoms in total. The third-order valence-electron chi connectivity index (χ3n) is 4.63. The highest BCUT2D eigenvalue weighted by Crippen LogP contribution is 2.25. The predicted molar refractivity (Wildman–Crippen MR) is 102 cm³/mol. The number of oxazole rings is 1. The van der Waals surface area contributed by atoms with Crippen LogP contribution in [0.15, 0.2) is 53.1 Å². The Morgan fingerprint density at radius 1 is 1.26 bits per heavy atom. The molecule has 7 heteroatoms. The fraction of sp³-hybridized carbons (Fsp3) is 0.350. The quantitative estimate of drug-likeness (QED) is 0.676. The van der Waals surface area contributed by atoms with E-state index in [-0.39, 0.29) is 11.8 Å². The number of para-hydroxylation sites is 1. The molecular weight excluding hydrogens is 344 g/mol. The molecule has 1 N–H and O–H groups in total. The number of hydrogen-bond acceptors (Lipinski definition) is 6. The second kappa shape index (κ2) is 8.07. The summed E-state index contributed by atoms with van der Waals surface area (Å²) in [6.07, 6.45) is 3.48. The zero-order valence-electron chi connectivity index (χ0n) is 15.0. The molecule has 140 valence electrons. The highest BCUT2D eigenvalue weighted by atomic mass is 16.5. The van der Waals surface area contributed by atoms with Crippen LogP contribution in [-0.2, 0) is 4.79 Å². The first-order valence-corrected chi connectivity index (χ1v) is 9.22. The summed E-state index contributed by atoms with van der Waals surface area (Å²) in [4.78, 5) is 23.2. The number of aromatic nitrogens is 2. The largest absolute Gasteiger partial charge is 0.492 e. The van der Waals surface area contributed by atoms with Crippen LogP contribution in [0.5, 0.6) is 5.75 Å². The first-order chi connectivity index (χ1) is 13.3. The summed E-state index contributed by atoms with van der Waals surface area (Å²) in [6, 6.07) is 13.8. The summed E-state index contributed by atoms with van der Waals surface area (Å²) in [6.45, 7) is 2.35. The molecule has 1 amide bonds. The molecule has 0 radical (unpaired) electrons. The number of carbonyl (C=O) groups excluding carboxylic acids is 1. The van der Waals surface area contributed by atoms with Gasteiger partial charge in [-0.3, -0.25) is 4.79 Å². The third kappa shape index (κ3) is 4.19. The van der Waals surface area contributed by atoms with E-state index in [1.54, 1.807) is 6.20 Å². The van der Waals surface area contributed by atoms with E-state index in [1.807, 2.05) is 47.4 Å². The van der Waals surface area contributed by atoms with Crippen molar-refractivity contribution in [2.75, 3.05) is 31.1 Å². The first kappa shape index (κ1) is 17.3. The summed E-state index contributed by atoms with van der Waals surface area (Å²) < 4.78 is 11.4. The zero-order chi connectivity index (χ0) is 18.5. The summed E-state index contributed by atoms with van der Waals surface area (Å²) in [5, 5.41) is 2.97. The van der Waals surface area contributed by atoms with Gasteiger partial charge in [-0.15, -0.1) is 0 Å². The lowest BCUT2D eigenvalue weighted by Crippen LogP contribution is -2.44. The molecule has 1 saturated heterocycles. The normalized spacial score (nSPS) is 17.0. The molecule has 0 bridgehead atoms. The van der Waals surface area contributed by atoms with Crippen LogP contribution in [0, 0.1) is 5.92 Å². The van der Waals surface area contributed by atoms with E-state index >= 15 is 0 Å². The summed E-state index contributed by atoms with van der Waals surface area (Å²) in [5.74, 6) is 0.768. The van der Waals surface area contributed by atoms with E-state index in [9.17, 15) is 4.79 Å². The average molecular weight is 366 g/mol. The van der Waals surface area contributed by atoms with Crippen LogP contribution < -0.4 is 15.0 Å². The number of ether oxygens (including phenoxy) is 1. The van der Waals surface area contributed by atoms with Gasteiger partial charge in [0.15, 0.2) is 5.58 Å². The fourth-order valence-corrected chi connectivity index (χ4v) is 3.26. The second-order valence-electron chi connectivity index (χ2n) is 6.56. The number of rotatable bonds is 6. The fourth-order valence-electron chi connectivity index (χ4n) is 3.26. The maximum atomic E-state index is 12.5. The Bertz CT molecular complexity index is 863. The average Bonchev–Trinajstić information content (AvgIpc) is 3.16. The number of pyridine rings is 1. The molecular formula is C20H22N4O3. The summed E-state index contributed by atoms with van der Waals surface area (Å²) >= 11 is 0. The van der Waals surface area contributed by atoms with Crippen LogP contribution in [0.25, 0.3) is 11.2 Å². The van der Waals surface area contributed by atoms with E-state index in [0.29, 0.717) is 36.9 Å². The number of nitrogens with one attached hydrogen (secondary N) is 1. The van der Waals surface area contributed by atoms with Crippen molar-refractivity contribution >= 4 is 23.2 Å². The van der Waals surface area contributed by atoms with Crippen molar-refractivity contribution < 1.29 is 13.9 Å². The SMILES string of the molecule is O=C(NCCOc1ccccc1)C1CCCN(c2nc3ncccc3o2)C1. The first-order valence-electron chi connectivity index (χ1n) is 9.22. The molecule has 27 heavy (non-hydrogen) atoms. The predicted octanol–water partition coefficient (Wildman–Crippen LogP) is 2.63. The van der Waals surface area contributed by atoms with E-state index in [0.717, 1.165) is 25.1 Å². The maximum absolute atomic E-state index is 12.5. The molecule has 3 heterocycles. The van der Waals surface area contributed by atoms with Gasteiger partial charge in [0.05, 0.1) is 12.5 Å². The van der Waals surface area contributed by atoms with Crippen LogP contribution in [0.3, 0.4) is 0 Å². The smallest absolute Gasteiger partial charge is 0.299 e. The van der Waals surface area contributed by atoms with Gasteiger partial charge < -0.3 is 19.4 Å². The monoisotopic (exact) mass is 366 g/mol. The van der Waals surface area contributed by atoms with Crippen molar-refractivity contribution in [2.45, 2.75) is 12.8 Å². The van der Waals surface area contributed by atoms with Crippen molar-refractivity contribution in [2.24, 2.45) is 5.92 Å². The van der Waals surface area contributed by atoms with Crippen molar-refractivity contribution in [3.8, 4) is 5.75 Å². The molecule has 1 unspecified atom stereocenters. The molecule has 2 aromatic heterocycles. The van der Waals surface area contributed by atoms with Gasteiger partial charge in [0.1, 0.15) is 12.4 Å².